The third-order valence-corrected chi connectivity index (χ3v) is 2.89. The van der Waals surface area contributed by atoms with Crippen molar-refractivity contribution in [2.45, 2.75) is 6.42 Å². The Morgan fingerprint density at radius 1 is 1.06 bits per heavy atom. The lowest BCUT2D eigenvalue weighted by Gasteiger charge is -2.04. The maximum absolute atomic E-state index is 11.2. The summed E-state index contributed by atoms with van der Waals surface area (Å²) in [5.41, 5.74) is 2.88. The molecule has 3 rings (SSSR count). The molecular formula is C12H11N3O2. The maximum atomic E-state index is 11.2. The Balaban J connectivity index is 2.15. The summed E-state index contributed by atoms with van der Waals surface area (Å²) in [4.78, 5) is 27.2. The van der Waals surface area contributed by atoms with Crippen LogP contribution in [0.4, 0.5) is 5.69 Å². The molecule has 1 aromatic carbocycles. The number of nitrogens with one attached hydrogen (secondary N) is 3. The molecule has 0 spiro atoms. The summed E-state index contributed by atoms with van der Waals surface area (Å²) in [5, 5.41) is 3.26. The summed E-state index contributed by atoms with van der Waals surface area (Å²) in [6, 6.07) is 7.25. The van der Waals surface area contributed by atoms with Crippen molar-refractivity contribution < 1.29 is 0 Å². The van der Waals surface area contributed by atoms with Crippen LogP contribution >= 0.6 is 0 Å². The summed E-state index contributed by atoms with van der Waals surface area (Å²) in [7, 11) is 0. The standard InChI is InChI=1S/C12H11N3O2/c16-11-6-10(14-12(17)15-11)7-1-2-9-8(5-7)3-4-13-9/h1-2,5-6,13H,3-4H2,(H2,14,15,16,17). The fraction of sp³-hybridized carbons (Fsp3) is 0.167. The molecule has 0 aliphatic carbocycles. The van der Waals surface area contributed by atoms with Gasteiger partial charge in [0.25, 0.3) is 5.56 Å². The summed E-state index contributed by atoms with van der Waals surface area (Å²) >= 11 is 0. The van der Waals surface area contributed by atoms with Gasteiger partial charge in [0.15, 0.2) is 0 Å². The van der Waals surface area contributed by atoms with E-state index in [2.05, 4.69) is 15.3 Å². The SMILES string of the molecule is O=c1cc(-c2ccc3c(c2)CCN3)[nH]c(=O)[nH]1. The lowest BCUT2D eigenvalue weighted by Crippen LogP contribution is -2.21. The highest BCUT2D eigenvalue weighted by molar-refractivity contribution is 5.67. The zero-order chi connectivity index (χ0) is 11.8. The molecule has 0 bridgehead atoms. The van der Waals surface area contributed by atoms with Crippen LogP contribution in [0.3, 0.4) is 0 Å². The zero-order valence-corrected chi connectivity index (χ0v) is 9.04. The van der Waals surface area contributed by atoms with Crippen molar-refractivity contribution in [3.63, 3.8) is 0 Å². The van der Waals surface area contributed by atoms with Crippen LogP contribution in [0.1, 0.15) is 5.56 Å². The number of aromatic nitrogens is 2. The molecule has 0 saturated carbocycles. The molecule has 0 unspecified atom stereocenters. The van der Waals surface area contributed by atoms with Crippen molar-refractivity contribution >= 4 is 5.69 Å². The Morgan fingerprint density at radius 3 is 2.76 bits per heavy atom. The fourth-order valence-electron chi connectivity index (χ4n) is 2.10. The third-order valence-electron chi connectivity index (χ3n) is 2.89. The highest BCUT2D eigenvalue weighted by atomic mass is 16.2. The van der Waals surface area contributed by atoms with E-state index in [1.54, 1.807) is 0 Å². The molecule has 17 heavy (non-hydrogen) atoms. The lowest BCUT2D eigenvalue weighted by molar-refractivity contribution is 1.04. The number of hydrogen-bond acceptors (Lipinski definition) is 3. The number of hydrogen-bond donors (Lipinski definition) is 3. The lowest BCUT2D eigenvalue weighted by atomic mass is 10.1. The van der Waals surface area contributed by atoms with Gasteiger partial charge in [-0.15, -0.1) is 0 Å². The Kier molecular flexibility index (Phi) is 2.11. The van der Waals surface area contributed by atoms with Crippen LogP contribution in [0.2, 0.25) is 0 Å². The largest absolute Gasteiger partial charge is 0.384 e. The van der Waals surface area contributed by atoms with Gasteiger partial charge in [0, 0.05) is 18.3 Å². The van der Waals surface area contributed by atoms with E-state index in [0.29, 0.717) is 5.69 Å². The summed E-state index contributed by atoms with van der Waals surface area (Å²) in [5.74, 6) is 0. The molecule has 2 aromatic rings. The molecule has 1 aliphatic rings. The number of H-pyrrole nitrogens is 2. The molecule has 0 amide bonds. The van der Waals surface area contributed by atoms with E-state index in [1.807, 2.05) is 18.2 Å². The van der Waals surface area contributed by atoms with Crippen LogP contribution in [0.25, 0.3) is 11.3 Å². The molecule has 3 N–H and O–H groups in total. The van der Waals surface area contributed by atoms with Crippen molar-refractivity contribution in [1.29, 1.82) is 0 Å². The monoisotopic (exact) mass is 229 g/mol. The second-order valence-corrected chi connectivity index (χ2v) is 4.05. The minimum absolute atomic E-state index is 0.387. The molecule has 2 heterocycles. The molecule has 86 valence electrons. The van der Waals surface area contributed by atoms with E-state index in [0.717, 1.165) is 24.2 Å². The van der Waals surface area contributed by atoms with Crippen LogP contribution in [0.15, 0.2) is 33.9 Å². The van der Waals surface area contributed by atoms with Gasteiger partial charge < -0.3 is 10.3 Å². The highest BCUT2D eigenvalue weighted by Crippen LogP contribution is 2.26. The van der Waals surface area contributed by atoms with Gasteiger partial charge in [-0.2, -0.15) is 0 Å². The molecule has 1 aromatic heterocycles. The molecule has 5 heteroatoms. The molecular weight excluding hydrogens is 218 g/mol. The Labute approximate surface area is 96.5 Å². The van der Waals surface area contributed by atoms with Gasteiger partial charge in [0.1, 0.15) is 0 Å². The summed E-state index contributed by atoms with van der Waals surface area (Å²) in [6.07, 6.45) is 0.969. The van der Waals surface area contributed by atoms with Crippen LogP contribution in [0.5, 0.6) is 0 Å². The molecule has 0 atom stereocenters. The minimum atomic E-state index is -0.480. The second-order valence-electron chi connectivity index (χ2n) is 4.05. The highest BCUT2D eigenvalue weighted by Gasteiger charge is 2.11. The van der Waals surface area contributed by atoms with Crippen molar-refractivity contribution in [3.8, 4) is 11.3 Å². The van der Waals surface area contributed by atoms with Gasteiger partial charge in [0.05, 0.1) is 5.69 Å². The zero-order valence-electron chi connectivity index (χ0n) is 9.04. The second kappa shape index (κ2) is 3.62. The first-order valence-corrected chi connectivity index (χ1v) is 5.43. The van der Waals surface area contributed by atoms with Crippen LogP contribution < -0.4 is 16.6 Å². The quantitative estimate of drug-likeness (QED) is 0.673. The molecule has 0 saturated heterocycles. The van der Waals surface area contributed by atoms with Gasteiger partial charge in [-0.3, -0.25) is 9.78 Å². The van der Waals surface area contributed by atoms with Crippen molar-refractivity contribution in [2.75, 3.05) is 11.9 Å². The molecule has 0 radical (unpaired) electrons. The van der Waals surface area contributed by atoms with E-state index in [4.69, 9.17) is 0 Å². The number of aromatic amines is 2. The fourth-order valence-corrected chi connectivity index (χ4v) is 2.10. The maximum Gasteiger partial charge on any atom is 0.326 e. The van der Waals surface area contributed by atoms with Gasteiger partial charge in [-0.05, 0) is 29.7 Å². The first-order chi connectivity index (χ1) is 8.22. The smallest absolute Gasteiger partial charge is 0.326 e. The summed E-state index contributed by atoms with van der Waals surface area (Å²) < 4.78 is 0. The first kappa shape index (κ1) is 9.89. The number of fused-ring (bicyclic) bond motifs is 1. The summed E-state index contributed by atoms with van der Waals surface area (Å²) in [6.45, 7) is 0.935. The van der Waals surface area contributed by atoms with E-state index in [-0.39, 0.29) is 5.56 Å². The molecule has 5 nitrogen and oxygen atoms in total. The van der Waals surface area contributed by atoms with Crippen molar-refractivity contribution in [1.82, 2.24) is 9.97 Å². The first-order valence-electron chi connectivity index (χ1n) is 5.43. The molecule has 0 fully saturated rings. The van der Waals surface area contributed by atoms with Crippen molar-refractivity contribution in [3.05, 3.63) is 50.7 Å². The van der Waals surface area contributed by atoms with Gasteiger partial charge in [0.2, 0.25) is 0 Å². The van der Waals surface area contributed by atoms with Crippen LogP contribution in [-0.4, -0.2) is 16.5 Å². The number of benzene rings is 1. The van der Waals surface area contributed by atoms with Gasteiger partial charge in [-0.25, -0.2) is 4.79 Å². The van der Waals surface area contributed by atoms with E-state index in [9.17, 15) is 9.59 Å². The third kappa shape index (κ3) is 1.75. The van der Waals surface area contributed by atoms with Gasteiger partial charge >= 0.3 is 5.69 Å². The average molecular weight is 229 g/mol. The van der Waals surface area contributed by atoms with Crippen LogP contribution in [-0.2, 0) is 6.42 Å². The normalized spacial score (nSPS) is 13.2. The van der Waals surface area contributed by atoms with E-state index < -0.39 is 5.69 Å². The van der Waals surface area contributed by atoms with Gasteiger partial charge in [-0.1, -0.05) is 6.07 Å². The number of rotatable bonds is 1. The van der Waals surface area contributed by atoms with Crippen LogP contribution in [0, 0.1) is 0 Å². The predicted octanol–water partition coefficient (Wildman–Crippen LogP) is 0.698. The van der Waals surface area contributed by atoms with E-state index >= 15 is 0 Å². The topological polar surface area (TPSA) is 77.8 Å². The van der Waals surface area contributed by atoms with Crippen molar-refractivity contribution in [2.24, 2.45) is 0 Å². The number of anilines is 1. The Morgan fingerprint density at radius 2 is 1.94 bits per heavy atom. The Hall–Kier alpha value is -2.30. The van der Waals surface area contributed by atoms with E-state index in [1.165, 1.54) is 11.6 Å². The predicted molar refractivity (Wildman–Crippen MR) is 65.3 cm³/mol. The molecule has 1 aliphatic heterocycles. The Bertz CT molecular complexity index is 656. The minimum Gasteiger partial charge on any atom is -0.384 e. The average Bonchev–Trinajstić information content (AvgIpc) is 2.74.